The van der Waals surface area contributed by atoms with E-state index in [-0.39, 0.29) is 21.7 Å². The van der Waals surface area contributed by atoms with E-state index in [1.165, 1.54) is 12.1 Å². The van der Waals surface area contributed by atoms with E-state index in [1.54, 1.807) is 0 Å². The summed E-state index contributed by atoms with van der Waals surface area (Å²) in [4.78, 5) is 12.2. The number of halogens is 4. The maximum atomic E-state index is 12.2. The Hall–Kier alpha value is -1.11. The third kappa shape index (κ3) is 3.75. The molecule has 1 amide bonds. The van der Waals surface area contributed by atoms with Gasteiger partial charge in [0.1, 0.15) is 0 Å². The van der Waals surface area contributed by atoms with Gasteiger partial charge in [0, 0.05) is 12.2 Å². The molecule has 1 aliphatic rings. The van der Waals surface area contributed by atoms with Gasteiger partial charge < -0.3 is 15.4 Å². The van der Waals surface area contributed by atoms with Crippen LogP contribution in [-0.4, -0.2) is 25.6 Å². The molecule has 2 rings (SSSR count). The van der Waals surface area contributed by atoms with Crippen molar-refractivity contribution >= 4 is 34.8 Å². The largest absolute Gasteiger partial charge is 0.432 e. The topological polar surface area (TPSA) is 50.4 Å². The van der Waals surface area contributed by atoms with Crippen molar-refractivity contribution in [2.24, 2.45) is 5.41 Å². The van der Waals surface area contributed by atoms with Crippen molar-refractivity contribution in [3.63, 3.8) is 0 Å². The molecule has 1 aromatic rings. The average Bonchev–Trinajstić information content (AvgIpc) is 2.82. The highest BCUT2D eigenvalue weighted by molar-refractivity contribution is 6.37. The Morgan fingerprint density at radius 2 is 2.05 bits per heavy atom. The molecule has 0 radical (unpaired) electrons. The van der Waals surface area contributed by atoms with Gasteiger partial charge in [-0.15, -0.1) is 0 Å². The first-order chi connectivity index (χ1) is 9.82. The lowest BCUT2D eigenvalue weighted by molar-refractivity contribution is -0.123. The van der Waals surface area contributed by atoms with Gasteiger partial charge in [0.2, 0.25) is 5.91 Å². The van der Waals surface area contributed by atoms with E-state index < -0.39 is 12.0 Å². The summed E-state index contributed by atoms with van der Waals surface area (Å²) in [6.45, 7) is 0.170. The van der Waals surface area contributed by atoms with E-state index in [2.05, 4.69) is 15.4 Å². The number of ether oxygens (including phenoxy) is 1. The Bertz CT molecular complexity index is 526. The van der Waals surface area contributed by atoms with Gasteiger partial charge in [-0.25, -0.2) is 0 Å². The van der Waals surface area contributed by atoms with Gasteiger partial charge in [0.25, 0.3) is 0 Å². The van der Waals surface area contributed by atoms with Crippen LogP contribution in [0.1, 0.15) is 13.3 Å². The zero-order valence-electron chi connectivity index (χ0n) is 11.2. The average molecular weight is 339 g/mol. The van der Waals surface area contributed by atoms with E-state index in [4.69, 9.17) is 23.2 Å². The summed E-state index contributed by atoms with van der Waals surface area (Å²) in [5, 5.41) is 5.63. The first kappa shape index (κ1) is 16.3. The first-order valence-corrected chi connectivity index (χ1v) is 7.03. The molecular formula is C13H14Cl2F2N2O2. The Labute approximate surface area is 130 Å². The van der Waals surface area contributed by atoms with Crippen LogP contribution in [0.3, 0.4) is 0 Å². The van der Waals surface area contributed by atoms with Crippen LogP contribution in [0, 0.1) is 5.41 Å². The van der Waals surface area contributed by atoms with E-state index >= 15 is 0 Å². The summed E-state index contributed by atoms with van der Waals surface area (Å²) in [5.41, 5.74) is -0.179. The minimum Gasteiger partial charge on any atom is -0.432 e. The van der Waals surface area contributed by atoms with Crippen molar-refractivity contribution in [3.05, 3.63) is 22.2 Å². The van der Waals surface area contributed by atoms with E-state index in [9.17, 15) is 13.6 Å². The quantitative estimate of drug-likeness (QED) is 0.882. The summed E-state index contributed by atoms with van der Waals surface area (Å²) in [5.74, 6) is -0.484. The molecule has 1 atom stereocenters. The maximum absolute atomic E-state index is 12.2. The molecule has 1 heterocycles. The van der Waals surface area contributed by atoms with Crippen LogP contribution in [0.25, 0.3) is 0 Å². The van der Waals surface area contributed by atoms with Crippen LogP contribution in [0.5, 0.6) is 5.75 Å². The smallest absolute Gasteiger partial charge is 0.387 e. The van der Waals surface area contributed by atoms with Crippen LogP contribution in [0.4, 0.5) is 14.5 Å². The molecule has 8 heteroatoms. The van der Waals surface area contributed by atoms with E-state index in [1.807, 2.05) is 6.92 Å². The number of carbonyl (C=O) groups is 1. The maximum Gasteiger partial charge on any atom is 0.387 e. The van der Waals surface area contributed by atoms with Crippen LogP contribution < -0.4 is 15.4 Å². The molecule has 21 heavy (non-hydrogen) atoms. The summed E-state index contributed by atoms with van der Waals surface area (Å²) in [7, 11) is 0. The van der Waals surface area contributed by atoms with Crippen LogP contribution in [0.2, 0.25) is 10.0 Å². The molecule has 4 nitrogen and oxygen atoms in total. The van der Waals surface area contributed by atoms with Gasteiger partial charge in [-0.1, -0.05) is 23.2 Å². The molecule has 1 aliphatic heterocycles. The Morgan fingerprint density at radius 1 is 1.43 bits per heavy atom. The fourth-order valence-electron chi connectivity index (χ4n) is 2.13. The van der Waals surface area contributed by atoms with Crippen LogP contribution in [0.15, 0.2) is 12.1 Å². The highest BCUT2D eigenvalue weighted by Crippen LogP contribution is 2.37. The summed E-state index contributed by atoms with van der Waals surface area (Å²) in [6.07, 6.45) is 0.715. The zero-order valence-corrected chi connectivity index (χ0v) is 12.7. The van der Waals surface area contributed by atoms with Crippen molar-refractivity contribution in [2.45, 2.75) is 20.0 Å². The van der Waals surface area contributed by atoms with Crippen LogP contribution in [-0.2, 0) is 4.79 Å². The normalized spacial score (nSPS) is 21.6. The van der Waals surface area contributed by atoms with Gasteiger partial charge in [0.15, 0.2) is 5.75 Å². The zero-order chi connectivity index (χ0) is 15.6. The number of nitrogens with one attached hydrogen (secondary N) is 2. The molecule has 0 saturated carbocycles. The second-order valence-corrected chi connectivity index (χ2v) is 5.90. The number of hydrogen-bond acceptors (Lipinski definition) is 3. The van der Waals surface area contributed by atoms with Gasteiger partial charge in [0.05, 0.1) is 15.5 Å². The molecule has 2 N–H and O–H groups in total. The number of rotatable bonds is 4. The molecule has 1 aromatic carbocycles. The van der Waals surface area contributed by atoms with E-state index in [0.29, 0.717) is 18.7 Å². The van der Waals surface area contributed by atoms with Gasteiger partial charge in [-0.3, -0.25) is 4.79 Å². The number of hydrogen-bond donors (Lipinski definition) is 2. The van der Waals surface area contributed by atoms with Gasteiger partial charge in [-0.05, 0) is 32.0 Å². The minimum absolute atomic E-state index is 0.0900. The molecule has 1 unspecified atom stereocenters. The first-order valence-electron chi connectivity index (χ1n) is 6.28. The highest BCUT2D eigenvalue weighted by atomic mass is 35.5. The lowest BCUT2D eigenvalue weighted by atomic mass is 9.89. The number of benzene rings is 1. The molecule has 0 aromatic heterocycles. The van der Waals surface area contributed by atoms with Crippen LogP contribution >= 0.6 is 23.2 Å². The monoisotopic (exact) mass is 338 g/mol. The van der Waals surface area contributed by atoms with Crippen molar-refractivity contribution < 1.29 is 18.3 Å². The fraction of sp³-hybridized carbons (Fsp3) is 0.462. The van der Waals surface area contributed by atoms with Gasteiger partial charge >= 0.3 is 6.61 Å². The molecule has 0 aliphatic carbocycles. The number of alkyl halides is 2. The SMILES string of the molecule is CC1(C(=O)Nc2cc(Cl)c(OC(F)F)c(Cl)c2)CCNC1. The molecule has 0 bridgehead atoms. The molecule has 1 fully saturated rings. The Morgan fingerprint density at radius 3 is 2.52 bits per heavy atom. The molecule has 116 valence electrons. The second kappa shape index (κ2) is 6.34. The number of carbonyl (C=O) groups excluding carboxylic acids is 1. The minimum atomic E-state index is -3.02. The third-order valence-electron chi connectivity index (χ3n) is 3.38. The Balaban J connectivity index is 2.16. The van der Waals surface area contributed by atoms with Gasteiger partial charge in [-0.2, -0.15) is 8.78 Å². The fourth-order valence-corrected chi connectivity index (χ4v) is 2.70. The number of amides is 1. The van der Waals surface area contributed by atoms with Crippen molar-refractivity contribution in [2.75, 3.05) is 18.4 Å². The van der Waals surface area contributed by atoms with Crippen molar-refractivity contribution in [3.8, 4) is 5.75 Å². The predicted molar refractivity (Wildman–Crippen MR) is 77.3 cm³/mol. The molecular weight excluding hydrogens is 325 g/mol. The summed E-state index contributed by atoms with van der Waals surface area (Å²) >= 11 is 11.7. The van der Waals surface area contributed by atoms with E-state index in [0.717, 1.165) is 6.54 Å². The summed E-state index contributed by atoms with van der Waals surface area (Å²) < 4.78 is 28.7. The predicted octanol–water partition coefficient (Wildman–Crippen LogP) is 3.53. The lowest BCUT2D eigenvalue weighted by Gasteiger charge is -2.22. The molecule has 0 spiro atoms. The lowest BCUT2D eigenvalue weighted by Crippen LogP contribution is -2.35. The molecule has 1 saturated heterocycles. The number of anilines is 1. The highest BCUT2D eigenvalue weighted by Gasteiger charge is 2.36. The van der Waals surface area contributed by atoms with Crippen molar-refractivity contribution in [1.29, 1.82) is 0 Å². The van der Waals surface area contributed by atoms with Crippen molar-refractivity contribution in [1.82, 2.24) is 5.32 Å². The third-order valence-corrected chi connectivity index (χ3v) is 3.94. The standard InChI is InChI=1S/C13H14Cl2F2N2O2/c1-13(2-3-18-6-13)11(20)19-7-4-8(14)10(9(15)5-7)21-12(16)17/h4-5,12,18H,2-3,6H2,1H3,(H,19,20). The second-order valence-electron chi connectivity index (χ2n) is 5.09. The Kier molecular flexibility index (Phi) is 4.91. The summed E-state index contributed by atoms with van der Waals surface area (Å²) in [6, 6.07) is 2.66.